The second-order valence-electron chi connectivity index (χ2n) is 9.88. The van der Waals surface area contributed by atoms with E-state index in [1.165, 1.54) is 71.8 Å². The number of ether oxygens (including phenoxy) is 3. The first kappa shape index (κ1) is 25.2. The molecule has 1 heterocycles. The van der Waals surface area contributed by atoms with Gasteiger partial charge in [0.2, 0.25) is 0 Å². The maximum atomic E-state index is 6.07. The van der Waals surface area contributed by atoms with E-state index in [-0.39, 0.29) is 0 Å². The largest absolute Gasteiger partial charge is 0.497 e. The molecule has 37 heavy (non-hydrogen) atoms. The zero-order valence-corrected chi connectivity index (χ0v) is 22.0. The lowest BCUT2D eigenvalue weighted by atomic mass is 9.93. The predicted molar refractivity (Wildman–Crippen MR) is 152 cm³/mol. The molecule has 4 aromatic carbocycles. The topological polar surface area (TPSA) is 30.9 Å². The van der Waals surface area contributed by atoms with Crippen molar-refractivity contribution in [1.29, 1.82) is 0 Å². The van der Waals surface area contributed by atoms with Crippen LogP contribution < -0.4 is 14.2 Å². The quantitative estimate of drug-likeness (QED) is 0.243. The smallest absolute Gasteiger partial charge is 0.119 e. The van der Waals surface area contributed by atoms with Crippen LogP contribution in [0.4, 0.5) is 0 Å². The molecule has 4 aromatic rings. The van der Waals surface area contributed by atoms with Crippen LogP contribution >= 0.6 is 0 Å². The average Bonchev–Trinajstić information content (AvgIpc) is 3.22. The van der Waals surface area contributed by atoms with Crippen molar-refractivity contribution in [1.82, 2.24) is 4.90 Å². The molecule has 0 radical (unpaired) electrons. The Bertz CT molecular complexity index is 1310. The van der Waals surface area contributed by atoms with Crippen LogP contribution in [0.2, 0.25) is 0 Å². The third-order valence-electron chi connectivity index (χ3n) is 7.36. The molecule has 4 nitrogen and oxygen atoms in total. The van der Waals surface area contributed by atoms with Crippen molar-refractivity contribution >= 4 is 10.8 Å². The van der Waals surface area contributed by atoms with E-state index in [1.807, 2.05) is 12.1 Å². The van der Waals surface area contributed by atoms with Crippen LogP contribution in [-0.2, 0) is 6.42 Å². The molecular formula is C33H37NO3. The lowest BCUT2D eigenvalue weighted by molar-refractivity contribution is 0.214. The zero-order chi connectivity index (χ0) is 25.5. The van der Waals surface area contributed by atoms with E-state index < -0.39 is 0 Å². The summed E-state index contributed by atoms with van der Waals surface area (Å²) < 4.78 is 17.0. The molecule has 4 heteroatoms. The third-order valence-corrected chi connectivity index (χ3v) is 7.36. The van der Waals surface area contributed by atoms with Crippen molar-refractivity contribution in [2.75, 3.05) is 40.5 Å². The fourth-order valence-corrected chi connectivity index (χ4v) is 5.22. The Morgan fingerprint density at radius 2 is 1.30 bits per heavy atom. The van der Waals surface area contributed by atoms with Crippen molar-refractivity contribution in [3.8, 4) is 28.4 Å². The summed E-state index contributed by atoms with van der Waals surface area (Å²) in [5.41, 5.74) is 4.90. The molecule has 0 saturated carbocycles. The summed E-state index contributed by atoms with van der Waals surface area (Å²) >= 11 is 0. The van der Waals surface area contributed by atoms with Gasteiger partial charge in [0.25, 0.3) is 0 Å². The normalized spacial score (nSPS) is 14.3. The number of fused-ring (bicyclic) bond motifs is 1. The summed E-state index contributed by atoms with van der Waals surface area (Å²) in [6.07, 6.45) is 6.18. The van der Waals surface area contributed by atoms with Crippen molar-refractivity contribution in [2.45, 2.75) is 32.1 Å². The molecule has 0 spiro atoms. The minimum atomic E-state index is 0.743. The van der Waals surface area contributed by atoms with Gasteiger partial charge in [-0.25, -0.2) is 0 Å². The summed E-state index contributed by atoms with van der Waals surface area (Å²) in [6.45, 7) is 4.16. The SMILES string of the molecule is COc1ccc(-c2ccc3cc(OC)ccc3c2)c(Cc2ccc(OCCN3CCCCCC3)cc2)c1. The molecule has 0 atom stereocenters. The van der Waals surface area contributed by atoms with Gasteiger partial charge < -0.3 is 14.2 Å². The van der Waals surface area contributed by atoms with E-state index >= 15 is 0 Å². The Hall–Kier alpha value is -3.50. The molecule has 1 saturated heterocycles. The maximum absolute atomic E-state index is 6.07. The lowest BCUT2D eigenvalue weighted by Gasteiger charge is -2.19. The molecule has 0 N–H and O–H groups in total. The van der Waals surface area contributed by atoms with Gasteiger partial charge in [0, 0.05) is 6.54 Å². The van der Waals surface area contributed by atoms with E-state index in [9.17, 15) is 0 Å². The highest BCUT2D eigenvalue weighted by molar-refractivity contribution is 5.89. The summed E-state index contributed by atoms with van der Waals surface area (Å²) in [6, 6.07) is 27.7. The molecule has 0 unspecified atom stereocenters. The minimum Gasteiger partial charge on any atom is -0.497 e. The number of benzene rings is 4. The number of likely N-dealkylation sites (tertiary alicyclic amines) is 1. The van der Waals surface area contributed by atoms with Crippen molar-refractivity contribution in [3.05, 3.63) is 90.0 Å². The van der Waals surface area contributed by atoms with Gasteiger partial charge in [-0.2, -0.15) is 0 Å². The highest BCUT2D eigenvalue weighted by atomic mass is 16.5. The first-order valence-corrected chi connectivity index (χ1v) is 13.4. The van der Waals surface area contributed by atoms with Gasteiger partial charge in [-0.15, -0.1) is 0 Å². The predicted octanol–water partition coefficient (Wildman–Crippen LogP) is 7.37. The van der Waals surface area contributed by atoms with Gasteiger partial charge in [-0.1, -0.05) is 49.2 Å². The Morgan fingerprint density at radius 3 is 2.05 bits per heavy atom. The van der Waals surface area contributed by atoms with E-state index in [1.54, 1.807) is 14.2 Å². The van der Waals surface area contributed by atoms with E-state index in [0.717, 1.165) is 36.8 Å². The molecule has 1 aliphatic rings. The van der Waals surface area contributed by atoms with Crippen molar-refractivity contribution in [3.63, 3.8) is 0 Å². The summed E-state index contributed by atoms with van der Waals surface area (Å²) in [5.74, 6) is 2.69. The van der Waals surface area contributed by atoms with E-state index in [0.29, 0.717) is 0 Å². The van der Waals surface area contributed by atoms with Crippen molar-refractivity contribution in [2.24, 2.45) is 0 Å². The zero-order valence-electron chi connectivity index (χ0n) is 22.0. The molecule has 5 rings (SSSR count). The second-order valence-corrected chi connectivity index (χ2v) is 9.88. The van der Waals surface area contributed by atoms with E-state index in [2.05, 4.69) is 71.6 Å². The lowest BCUT2D eigenvalue weighted by Crippen LogP contribution is -2.29. The average molecular weight is 496 g/mol. The van der Waals surface area contributed by atoms with Crippen LogP contribution in [0.25, 0.3) is 21.9 Å². The van der Waals surface area contributed by atoms with E-state index in [4.69, 9.17) is 14.2 Å². The van der Waals surface area contributed by atoms with Gasteiger partial charge >= 0.3 is 0 Å². The maximum Gasteiger partial charge on any atom is 0.119 e. The first-order valence-electron chi connectivity index (χ1n) is 13.4. The molecule has 1 aliphatic heterocycles. The van der Waals surface area contributed by atoms with Gasteiger partial charge in [0.05, 0.1) is 14.2 Å². The number of hydrogen-bond acceptors (Lipinski definition) is 4. The van der Waals surface area contributed by atoms with Crippen LogP contribution in [0.5, 0.6) is 17.2 Å². The Morgan fingerprint density at radius 1 is 0.649 bits per heavy atom. The number of nitrogens with zero attached hydrogens (tertiary/aromatic N) is 1. The highest BCUT2D eigenvalue weighted by Crippen LogP contribution is 2.32. The van der Waals surface area contributed by atoms with Gasteiger partial charge in [0.15, 0.2) is 0 Å². The number of rotatable bonds is 9. The Labute approximate surface area is 220 Å². The minimum absolute atomic E-state index is 0.743. The summed E-state index contributed by atoms with van der Waals surface area (Å²) in [7, 11) is 3.43. The van der Waals surface area contributed by atoms with Gasteiger partial charge in [-0.05, 0) is 108 Å². The first-order chi connectivity index (χ1) is 18.2. The highest BCUT2D eigenvalue weighted by Gasteiger charge is 2.11. The summed E-state index contributed by atoms with van der Waals surface area (Å²) in [5, 5.41) is 2.37. The fraction of sp³-hybridized carbons (Fsp3) is 0.333. The van der Waals surface area contributed by atoms with Gasteiger partial charge in [0.1, 0.15) is 23.9 Å². The fourth-order valence-electron chi connectivity index (χ4n) is 5.22. The number of methoxy groups -OCH3 is 2. The third kappa shape index (κ3) is 6.44. The van der Waals surface area contributed by atoms with Crippen LogP contribution in [0.3, 0.4) is 0 Å². The van der Waals surface area contributed by atoms with Crippen LogP contribution in [0.1, 0.15) is 36.8 Å². The molecule has 1 fully saturated rings. The molecular weight excluding hydrogens is 458 g/mol. The van der Waals surface area contributed by atoms with Crippen LogP contribution in [0.15, 0.2) is 78.9 Å². The molecule has 0 amide bonds. The van der Waals surface area contributed by atoms with Crippen LogP contribution in [0, 0.1) is 0 Å². The Balaban J connectivity index is 1.30. The molecule has 0 aliphatic carbocycles. The monoisotopic (exact) mass is 495 g/mol. The van der Waals surface area contributed by atoms with Gasteiger partial charge in [-0.3, -0.25) is 4.90 Å². The Kier molecular flexibility index (Phi) is 8.27. The molecule has 0 bridgehead atoms. The molecule has 192 valence electrons. The summed E-state index contributed by atoms with van der Waals surface area (Å²) in [4.78, 5) is 2.54. The number of hydrogen-bond donors (Lipinski definition) is 0. The van der Waals surface area contributed by atoms with Crippen molar-refractivity contribution < 1.29 is 14.2 Å². The molecule has 0 aromatic heterocycles. The van der Waals surface area contributed by atoms with Crippen LogP contribution in [-0.4, -0.2) is 45.4 Å². The second kappa shape index (κ2) is 12.2. The standard InChI is InChI=1S/C33H37NO3/c1-35-31-14-11-26-22-28(10-9-27(26)23-31)33-16-15-32(36-2)24-29(33)21-25-7-12-30(13-8-25)37-20-19-34-17-5-3-4-6-18-34/h7-16,22-24H,3-6,17-21H2,1-2H3.